The zero-order chi connectivity index (χ0) is 46.8. The molecular formula is C49H54ClF4N5O5S2. The summed E-state index contributed by atoms with van der Waals surface area (Å²) in [6.07, 6.45) is -4.78. The van der Waals surface area contributed by atoms with Gasteiger partial charge in [-0.15, -0.1) is 11.8 Å². The molecule has 2 heterocycles. The number of sulfonamides is 1. The fourth-order valence-corrected chi connectivity index (χ4v) is 10.6. The lowest BCUT2D eigenvalue weighted by molar-refractivity contribution is -0.137. The molecule has 10 nitrogen and oxygen atoms in total. The number of amides is 1. The molecule has 0 aliphatic carbocycles. The van der Waals surface area contributed by atoms with Gasteiger partial charge in [-0.1, -0.05) is 66.2 Å². The summed E-state index contributed by atoms with van der Waals surface area (Å²) in [6, 6.07) is 33.3. The minimum atomic E-state index is -4.93. The van der Waals surface area contributed by atoms with Gasteiger partial charge in [-0.3, -0.25) is 9.69 Å². The first-order chi connectivity index (χ1) is 31.7. The largest absolute Gasteiger partial charge is 0.418 e. The third-order valence-electron chi connectivity index (χ3n) is 12.2. The van der Waals surface area contributed by atoms with Crippen LogP contribution in [0.15, 0.2) is 131 Å². The van der Waals surface area contributed by atoms with Crippen LogP contribution >= 0.6 is 23.4 Å². The van der Waals surface area contributed by atoms with Crippen LogP contribution in [-0.4, -0.2) is 111 Å². The second kappa shape index (κ2) is 22.4. The van der Waals surface area contributed by atoms with E-state index in [0.29, 0.717) is 81.9 Å². The smallest absolute Gasteiger partial charge is 0.389 e. The number of aliphatic hydroxyl groups excluding tert-OH is 2. The third kappa shape index (κ3) is 13.1. The van der Waals surface area contributed by atoms with Crippen molar-refractivity contribution < 1.29 is 41.0 Å². The number of rotatable bonds is 18. The summed E-state index contributed by atoms with van der Waals surface area (Å²) in [5.41, 5.74) is 2.10. The first kappa shape index (κ1) is 49.2. The standard InChI is InChI=1S/C49H54ClF4N5O5S2/c50-37-14-10-34(11-15-37)43-8-4-5-9-44(43)47(61)35-20-24-59(25-21-35)39-16-12-36(13-17-39)48(62)56-66(63,64)42-18-19-46(45(30-42)49(52,53)54)55-38(33-65-41-6-2-1-3-7-41)22-23-57-26-28-58(29-27-57)32-40(60)31-51/h1-19,30,35,38,40,47,55,60-61H,20-29,31-33H2,(H,56,62). The predicted molar refractivity (Wildman–Crippen MR) is 253 cm³/mol. The Hall–Kier alpha value is -4.68. The van der Waals surface area contributed by atoms with Crippen molar-refractivity contribution in [3.05, 3.63) is 143 Å². The Labute approximate surface area is 393 Å². The first-order valence-electron chi connectivity index (χ1n) is 22.0. The lowest BCUT2D eigenvalue weighted by Crippen LogP contribution is -2.49. The van der Waals surface area contributed by atoms with Crippen LogP contribution in [0.1, 0.15) is 46.9 Å². The summed E-state index contributed by atoms with van der Waals surface area (Å²) in [5, 5.41) is 24.9. The van der Waals surface area contributed by atoms with Crippen molar-refractivity contribution in [2.24, 2.45) is 5.92 Å². The lowest BCUT2D eigenvalue weighted by atomic mass is 9.84. The van der Waals surface area contributed by atoms with E-state index in [0.717, 1.165) is 39.4 Å². The quantitative estimate of drug-likeness (QED) is 0.0500. The number of hydrogen-bond acceptors (Lipinski definition) is 10. The number of aliphatic hydroxyl groups is 2. The number of benzene rings is 5. The highest BCUT2D eigenvalue weighted by atomic mass is 35.5. The maximum Gasteiger partial charge on any atom is 0.418 e. The van der Waals surface area contributed by atoms with Crippen LogP contribution in [0.25, 0.3) is 11.1 Å². The van der Waals surface area contributed by atoms with Crippen LogP contribution in [0.5, 0.6) is 0 Å². The van der Waals surface area contributed by atoms with Gasteiger partial charge in [-0.25, -0.2) is 17.5 Å². The molecule has 17 heteroatoms. The van der Waals surface area contributed by atoms with Gasteiger partial charge in [0.05, 0.1) is 22.7 Å². The van der Waals surface area contributed by atoms with Crippen LogP contribution in [0.4, 0.5) is 28.9 Å². The number of carbonyl (C=O) groups excluding carboxylic acids is 1. The van der Waals surface area contributed by atoms with Crippen molar-refractivity contribution in [2.45, 2.75) is 53.5 Å². The van der Waals surface area contributed by atoms with Crippen molar-refractivity contribution >= 4 is 50.7 Å². The number of nitrogens with zero attached hydrogens (tertiary/aromatic N) is 3. The van der Waals surface area contributed by atoms with Crippen molar-refractivity contribution in [2.75, 3.05) is 75.0 Å². The zero-order valence-corrected chi connectivity index (χ0v) is 38.6. The molecule has 352 valence electrons. The molecule has 4 N–H and O–H groups in total. The molecule has 3 atom stereocenters. The van der Waals surface area contributed by atoms with Gasteiger partial charge in [0.1, 0.15) is 6.67 Å². The molecule has 66 heavy (non-hydrogen) atoms. The molecule has 0 saturated carbocycles. The first-order valence-corrected chi connectivity index (χ1v) is 24.8. The molecule has 1 amide bonds. The van der Waals surface area contributed by atoms with Crippen LogP contribution in [0.3, 0.4) is 0 Å². The van der Waals surface area contributed by atoms with E-state index in [1.165, 1.54) is 23.9 Å². The number of anilines is 2. The SMILES string of the molecule is O=C(NS(=O)(=O)c1ccc(NC(CCN2CCN(CC(O)CF)CC2)CSc2ccccc2)c(C(F)(F)F)c1)c1ccc(N2CCC(C(O)c3ccccc3-c3ccc(Cl)cc3)CC2)cc1. The number of alkyl halides is 4. The van der Waals surface area contributed by atoms with Gasteiger partial charge < -0.3 is 25.3 Å². The molecule has 0 spiro atoms. The summed E-state index contributed by atoms with van der Waals surface area (Å²) >= 11 is 7.59. The highest BCUT2D eigenvalue weighted by molar-refractivity contribution is 7.99. The van der Waals surface area contributed by atoms with E-state index in [-0.39, 0.29) is 23.7 Å². The summed E-state index contributed by atoms with van der Waals surface area (Å²) in [4.78, 5) is 19.8. The Morgan fingerprint density at radius 3 is 2.14 bits per heavy atom. The van der Waals surface area contributed by atoms with Gasteiger partial charge in [0.15, 0.2) is 0 Å². The van der Waals surface area contributed by atoms with E-state index >= 15 is 0 Å². The van der Waals surface area contributed by atoms with Gasteiger partial charge in [-0.05, 0) is 109 Å². The van der Waals surface area contributed by atoms with Crippen molar-refractivity contribution in [3.8, 4) is 11.1 Å². The number of halogens is 5. The molecule has 2 saturated heterocycles. The average molecular weight is 969 g/mol. The van der Waals surface area contributed by atoms with Gasteiger partial charge in [0.25, 0.3) is 15.9 Å². The molecule has 0 radical (unpaired) electrons. The third-order valence-corrected chi connectivity index (χ3v) is 15.0. The van der Waals surface area contributed by atoms with Gasteiger partial charge >= 0.3 is 6.18 Å². The monoisotopic (exact) mass is 967 g/mol. The van der Waals surface area contributed by atoms with E-state index in [4.69, 9.17) is 11.6 Å². The van der Waals surface area contributed by atoms with E-state index in [9.17, 15) is 41.0 Å². The second-order valence-corrected chi connectivity index (χ2v) is 20.0. The van der Waals surface area contributed by atoms with Crippen LogP contribution in [0, 0.1) is 5.92 Å². The van der Waals surface area contributed by atoms with Crippen LogP contribution < -0.4 is 14.9 Å². The minimum absolute atomic E-state index is 0.00300. The fraction of sp³-hybridized carbons (Fsp3) is 0.367. The number of carbonyl (C=O) groups is 1. The number of β-amino-alcohol motifs (C(OH)–C–C–N with tert-alkyl or cyclic N) is 1. The molecular weight excluding hydrogens is 914 g/mol. The number of thioether (sulfide) groups is 1. The molecule has 0 bridgehead atoms. The number of piperazine rings is 1. The van der Waals surface area contributed by atoms with E-state index in [1.54, 1.807) is 12.1 Å². The Morgan fingerprint density at radius 1 is 0.818 bits per heavy atom. The second-order valence-electron chi connectivity index (χ2n) is 16.8. The Balaban J connectivity index is 0.972. The summed E-state index contributed by atoms with van der Waals surface area (Å²) in [6.45, 7) is 3.82. The van der Waals surface area contributed by atoms with E-state index in [1.807, 2.05) is 88.5 Å². The number of nitrogens with one attached hydrogen (secondary N) is 2. The number of piperidine rings is 1. The maximum absolute atomic E-state index is 14.7. The van der Waals surface area contributed by atoms with Crippen LogP contribution in [0.2, 0.25) is 5.02 Å². The Kier molecular flexibility index (Phi) is 16.7. The zero-order valence-electron chi connectivity index (χ0n) is 36.2. The Bertz CT molecular complexity index is 2470. The molecule has 3 unspecified atom stereocenters. The minimum Gasteiger partial charge on any atom is -0.389 e. The number of hydrogen-bond donors (Lipinski definition) is 4. The van der Waals surface area contributed by atoms with Crippen molar-refractivity contribution in [1.82, 2.24) is 14.5 Å². The van der Waals surface area contributed by atoms with Crippen molar-refractivity contribution in [3.63, 3.8) is 0 Å². The van der Waals surface area contributed by atoms with E-state index in [2.05, 4.69) is 15.1 Å². The summed E-state index contributed by atoms with van der Waals surface area (Å²) in [5.74, 6) is -0.569. The van der Waals surface area contributed by atoms with Crippen molar-refractivity contribution in [1.29, 1.82) is 0 Å². The van der Waals surface area contributed by atoms with Crippen LogP contribution in [-0.2, 0) is 16.2 Å². The summed E-state index contributed by atoms with van der Waals surface area (Å²) in [7, 11) is -4.73. The highest BCUT2D eigenvalue weighted by Gasteiger charge is 2.36. The van der Waals surface area contributed by atoms with Gasteiger partial charge in [-0.2, -0.15) is 13.2 Å². The molecule has 7 rings (SSSR count). The lowest BCUT2D eigenvalue weighted by Gasteiger charge is -2.36. The molecule has 5 aromatic carbocycles. The molecule has 2 aliphatic rings. The Morgan fingerprint density at radius 2 is 1.47 bits per heavy atom. The fourth-order valence-electron chi connectivity index (χ4n) is 8.50. The maximum atomic E-state index is 14.7. The molecule has 5 aromatic rings. The topological polar surface area (TPSA) is 125 Å². The van der Waals surface area contributed by atoms with Gasteiger partial charge in [0.2, 0.25) is 0 Å². The summed E-state index contributed by atoms with van der Waals surface area (Å²) < 4.78 is 85.8. The van der Waals surface area contributed by atoms with Gasteiger partial charge in [0, 0.05) is 91.0 Å². The average Bonchev–Trinajstić information content (AvgIpc) is 3.32. The molecule has 0 aromatic heterocycles. The molecule has 2 fully saturated rings. The normalized spacial score (nSPS) is 17.0. The molecule has 2 aliphatic heterocycles. The predicted octanol–water partition coefficient (Wildman–Crippen LogP) is 9.01. The van der Waals surface area contributed by atoms with E-state index < -0.39 is 57.5 Å². The highest BCUT2D eigenvalue weighted by Crippen LogP contribution is 2.39.